The third-order valence-corrected chi connectivity index (χ3v) is 0.977. The summed E-state index contributed by atoms with van der Waals surface area (Å²) in [7, 11) is 0. The second-order valence-corrected chi connectivity index (χ2v) is 2.21. The molecule has 0 heterocycles. The molecule has 0 fully saturated rings. The van der Waals surface area contributed by atoms with E-state index in [2.05, 4.69) is 0 Å². The molecule has 0 spiro atoms. The van der Waals surface area contributed by atoms with Gasteiger partial charge in [0.05, 0.1) is 6.04 Å². The molecule has 6 heteroatoms. The Morgan fingerprint density at radius 3 is 2.44 bits per heavy atom. The van der Waals surface area contributed by atoms with Crippen LogP contribution in [0.4, 0.5) is 0 Å². The van der Waals surface area contributed by atoms with Crippen molar-refractivity contribution in [2.24, 2.45) is 5.73 Å². The maximum atomic E-state index is 10.4. The first kappa shape index (κ1) is 8.54. The van der Waals surface area contributed by atoms with Gasteiger partial charge in [0.25, 0.3) is 11.3 Å². The molecule has 5 nitrogen and oxygen atoms in total. The Morgan fingerprint density at radius 1 is 1.89 bits per heavy atom. The van der Waals surface area contributed by atoms with Gasteiger partial charge < -0.3 is 5.73 Å². The highest BCUT2D eigenvalue weighted by Gasteiger charge is 2.07. The maximum absolute atomic E-state index is 10.4. The Balaban J connectivity index is 3.64. The lowest BCUT2D eigenvalue weighted by molar-refractivity contribution is -0.120. The largest absolute Gasteiger partial charge is 0.320 e. The Kier molecular flexibility index (Phi) is 3.36. The molecule has 9 heavy (non-hydrogen) atoms. The number of hydrogen-bond donors (Lipinski definition) is 3. The molecule has 0 saturated carbocycles. The van der Waals surface area contributed by atoms with Crippen LogP contribution in [-0.2, 0) is 16.1 Å². The molecule has 0 aliphatic heterocycles. The minimum absolute atomic E-state index is 0.643. The first-order valence-corrected chi connectivity index (χ1v) is 3.31. The molecule has 0 rings (SSSR count). The third-order valence-electron chi connectivity index (χ3n) is 0.601. The number of carbonyl (C=O) groups excluding carboxylic acids is 1. The smallest absolute Gasteiger partial charge is 0.261 e. The van der Waals surface area contributed by atoms with E-state index in [4.69, 9.17) is 10.3 Å². The molecule has 2 atom stereocenters. The van der Waals surface area contributed by atoms with E-state index in [1.165, 1.54) is 6.92 Å². The first-order chi connectivity index (χ1) is 4.04. The molecule has 0 aromatic heterocycles. The number of carbonyl (C=O) groups is 1. The second-order valence-electron chi connectivity index (χ2n) is 1.50. The number of amides is 1. The van der Waals surface area contributed by atoms with E-state index in [0.29, 0.717) is 0 Å². The van der Waals surface area contributed by atoms with Crippen LogP contribution in [0.15, 0.2) is 0 Å². The molecule has 0 aliphatic rings. The summed E-state index contributed by atoms with van der Waals surface area (Å²) in [5.41, 5.74) is 5.03. The van der Waals surface area contributed by atoms with Crippen molar-refractivity contribution in [3.63, 3.8) is 0 Å². The van der Waals surface area contributed by atoms with Gasteiger partial charge in [0, 0.05) is 0 Å². The quantitative estimate of drug-likeness (QED) is 0.424. The predicted molar refractivity (Wildman–Crippen MR) is 32.6 cm³/mol. The van der Waals surface area contributed by atoms with Crippen LogP contribution < -0.4 is 10.5 Å². The maximum Gasteiger partial charge on any atom is 0.261 e. The van der Waals surface area contributed by atoms with Crippen molar-refractivity contribution in [2.75, 3.05) is 0 Å². The third kappa shape index (κ3) is 4.07. The van der Waals surface area contributed by atoms with Crippen LogP contribution in [0.1, 0.15) is 6.92 Å². The van der Waals surface area contributed by atoms with Gasteiger partial charge in [-0.15, -0.1) is 0 Å². The van der Waals surface area contributed by atoms with Crippen LogP contribution >= 0.6 is 0 Å². The van der Waals surface area contributed by atoms with Gasteiger partial charge in [0.1, 0.15) is 0 Å². The van der Waals surface area contributed by atoms with Crippen molar-refractivity contribution >= 4 is 17.2 Å². The van der Waals surface area contributed by atoms with Crippen LogP contribution in [0.5, 0.6) is 0 Å². The van der Waals surface area contributed by atoms with Crippen LogP contribution in [-0.4, -0.2) is 20.7 Å². The van der Waals surface area contributed by atoms with Crippen molar-refractivity contribution in [3.05, 3.63) is 0 Å². The summed E-state index contributed by atoms with van der Waals surface area (Å²) in [6, 6.07) is -0.749. The number of nitrogens with one attached hydrogen (secondary N) is 1. The van der Waals surface area contributed by atoms with E-state index in [1.807, 2.05) is 0 Å². The SMILES string of the molecule is CC(N)C(=O)NS(=O)O. The first-order valence-electron chi connectivity index (χ1n) is 2.21. The lowest BCUT2D eigenvalue weighted by atomic mass is 10.4. The minimum atomic E-state index is -2.30. The van der Waals surface area contributed by atoms with Crippen LogP contribution in [0, 0.1) is 0 Å². The summed E-state index contributed by atoms with van der Waals surface area (Å²) in [4.78, 5) is 10.4. The van der Waals surface area contributed by atoms with Gasteiger partial charge in [-0.1, -0.05) is 0 Å². The zero-order valence-electron chi connectivity index (χ0n) is 4.83. The second kappa shape index (κ2) is 3.54. The molecule has 0 aromatic carbocycles. The highest BCUT2D eigenvalue weighted by atomic mass is 32.2. The fraction of sp³-hybridized carbons (Fsp3) is 0.667. The van der Waals surface area contributed by atoms with Gasteiger partial charge in [-0.05, 0) is 6.92 Å². The summed E-state index contributed by atoms with van der Waals surface area (Å²) in [5.74, 6) is -0.643. The normalized spacial score (nSPS) is 16.3. The van der Waals surface area contributed by atoms with Gasteiger partial charge >= 0.3 is 0 Å². The number of hydrogen-bond acceptors (Lipinski definition) is 3. The monoisotopic (exact) mass is 152 g/mol. The van der Waals surface area contributed by atoms with E-state index in [1.54, 1.807) is 4.72 Å². The zero-order chi connectivity index (χ0) is 7.44. The summed E-state index contributed by atoms with van der Waals surface area (Å²) in [5, 5.41) is 0. The Morgan fingerprint density at radius 2 is 2.33 bits per heavy atom. The van der Waals surface area contributed by atoms with E-state index in [0.717, 1.165) is 0 Å². The highest BCUT2D eigenvalue weighted by Crippen LogP contribution is 1.74. The van der Waals surface area contributed by atoms with Crippen molar-refractivity contribution < 1.29 is 13.6 Å². The molecule has 54 valence electrons. The summed E-state index contributed by atoms with van der Waals surface area (Å²) in [6.07, 6.45) is 0. The fourth-order valence-corrected chi connectivity index (χ4v) is 0.537. The molecule has 0 radical (unpaired) electrons. The molecule has 1 amide bonds. The Bertz CT molecular complexity index is 135. The predicted octanol–water partition coefficient (Wildman–Crippen LogP) is -1.41. The summed E-state index contributed by atoms with van der Waals surface area (Å²) >= 11 is -2.30. The molecular weight excluding hydrogens is 144 g/mol. The molecule has 0 aliphatic carbocycles. The van der Waals surface area contributed by atoms with E-state index < -0.39 is 23.2 Å². The topological polar surface area (TPSA) is 92.4 Å². The van der Waals surface area contributed by atoms with Crippen LogP contribution in [0.25, 0.3) is 0 Å². The average molecular weight is 152 g/mol. The van der Waals surface area contributed by atoms with Crippen molar-refractivity contribution in [1.29, 1.82) is 0 Å². The minimum Gasteiger partial charge on any atom is -0.320 e. The van der Waals surface area contributed by atoms with Gasteiger partial charge in [0.2, 0.25) is 5.91 Å². The van der Waals surface area contributed by atoms with Crippen molar-refractivity contribution in [2.45, 2.75) is 13.0 Å². The molecule has 0 aromatic rings. The van der Waals surface area contributed by atoms with E-state index >= 15 is 0 Å². The number of nitrogens with two attached hydrogens (primary N) is 1. The van der Waals surface area contributed by atoms with Crippen LogP contribution in [0.2, 0.25) is 0 Å². The average Bonchev–Trinajstić information content (AvgIpc) is 1.63. The highest BCUT2D eigenvalue weighted by molar-refractivity contribution is 7.77. The van der Waals surface area contributed by atoms with Gasteiger partial charge in [-0.25, -0.2) is 4.21 Å². The molecule has 2 unspecified atom stereocenters. The molecular formula is C3H8N2O3S. The van der Waals surface area contributed by atoms with Gasteiger partial charge in [-0.2, -0.15) is 0 Å². The summed E-state index contributed by atoms with van der Waals surface area (Å²) < 4.78 is 19.6. The lowest BCUT2D eigenvalue weighted by Crippen LogP contribution is -2.38. The van der Waals surface area contributed by atoms with Crippen molar-refractivity contribution in [1.82, 2.24) is 4.72 Å². The van der Waals surface area contributed by atoms with Crippen molar-refractivity contribution in [3.8, 4) is 0 Å². The Labute approximate surface area is 55.0 Å². The van der Waals surface area contributed by atoms with Gasteiger partial charge in [-0.3, -0.25) is 14.1 Å². The summed E-state index contributed by atoms with van der Waals surface area (Å²) in [6.45, 7) is 1.42. The lowest BCUT2D eigenvalue weighted by Gasteiger charge is -2.01. The molecule has 0 bridgehead atoms. The van der Waals surface area contributed by atoms with Crippen LogP contribution in [0.3, 0.4) is 0 Å². The van der Waals surface area contributed by atoms with E-state index in [9.17, 15) is 9.00 Å². The molecule has 0 saturated heterocycles. The standard InChI is InChI=1S/C3H8N2O3S/c1-2(4)3(6)5-9(7)8/h2H,4H2,1H3,(H,5,6)(H,7,8). The zero-order valence-corrected chi connectivity index (χ0v) is 5.64. The fourth-order valence-electron chi connectivity index (χ4n) is 0.179. The molecule has 4 N–H and O–H groups in total. The number of rotatable bonds is 2. The van der Waals surface area contributed by atoms with E-state index in [-0.39, 0.29) is 0 Å². The Hall–Kier alpha value is -0.460. The van der Waals surface area contributed by atoms with Gasteiger partial charge in [0.15, 0.2) is 0 Å².